The Hall–Kier alpha value is -1.52. The van der Waals surface area contributed by atoms with Crippen LogP contribution in [-0.4, -0.2) is 11.1 Å². The Labute approximate surface area is 123 Å². The molecule has 0 aliphatic rings. The maximum Gasteiger partial charge on any atom is 0.328 e. The van der Waals surface area contributed by atoms with Crippen LogP contribution in [0.3, 0.4) is 0 Å². The number of furan rings is 1. The molecule has 0 spiro atoms. The number of hydrogen-bond acceptors (Lipinski definition) is 2. The molecular weight excluding hydrogens is 332 g/mol. The third-order valence-corrected chi connectivity index (χ3v) is 3.53. The highest BCUT2D eigenvalue weighted by atomic mass is 79.9. The third-order valence-electron chi connectivity index (χ3n) is 2.53. The molecule has 0 aliphatic heterocycles. The van der Waals surface area contributed by atoms with Gasteiger partial charge in [-0.2, -0.15) is 0 Å². The highest BCUT2D eigenvalue weighted by molar-refractivity contribution is 9.10. The van der Waals surface area contributed by atoms with Gasteiger partial charge in [0.15, 0.2) is 0 Å². The molecule has 5 heteroatoms. The van der Waals surface area contributed by atoms with Crippen molar-refractivity contribution in [2.24, 2.45) is 0 Å². The van der Waals surface area contributed by atoms with Crippen LogP contribution < -0.4 is 0 Å². The predicted octanol–water partition coefficient (Wildman–Crippen LogP) is 4.77. The zero-order valence-corrected chi connectivity index (χ0v) is 12.3. The number of aryl methyl sites for hydroxylation is 1. The smallest absolute Gasteiger partial charge is 0.328 e. The number of carboxylic acids is 1. The number of halogens is 2. The lowest BCUT2D eigenvalue weighted by molar-refractivity contribution is -0.131. The number of hydrogen-bond donors (Lipinski definition) is 1. The molecule has 0 fully saturated rings. The van der Waals surface area contributed by atoms with Crippen LogP contribution in [-0.2, 0) is 4.79 Å². The van der Waals surface area contributed by atoms with Crippen LogP contribution in [0.15, 0.2) is 39.2 Å². The van der Waals surface area contributed by atoms with E-state index in [9.17, 15) is 4.79 Å². The lowest BCUT2D eigenvalue weighted by Gasteiger charge is -2.01. The largest absolute Gasteiger partial charge is 0.478 e. The van der Waals surface area contributed by atoms with Crippen molar-refractivity contribution in [2.45, 2.75) is 6.92 Å². The second-order valence-corrected chi connectivity index (χ2v) is 5.22. The maximum absolute atomic E-state index is 10.5. The molecule has 2 aromatic rings. The van der Waals surface area contributed by atoms with E-state index in [4.69, 9.17) is 21.1 Å². The van der Waals surface area contributed by atoms with E-state index in [1.165, 1.54) is 6.08 Å². The Kier molecular flexibility index (Phi) is 4.12. The fourth-order valence-electron chi connectivity index (χ4n) is 1.55. The van der Waals surface area contributed by atoms with Crippen LogP contribution >= 0.6 is 27.5 Å². The Morgan fingerprint density at radius 1 is 1.42 bits per heavy atom. The molecule has 0 unspecified atom stereocenters. The van der Waals surface area contributed by atoms with E-state index in [1.807, 2.05) is 25.1 Å². The quantitative estimate of drug-likeness (QED) is 0.818. The first-order valence-electron chi connectivity index (χ1n) is 5.44. The fourth-order valence-corrected chi connectivity index (χ4v) is 2.27. The second kappa shape index (κ2) is 5.63. The molecule has 0 amide bonds. The lowest BCUT2D eigenvalue weighted by atomic mass is 10.1. The van der Waals surface area contributed by atoms with Gasteiger partial charge in [-0.1, -0.05) is 23.7 Å². The molecule has 2 rings (SSSR count). The van der Waals surface area contributed by atoms with E-state index >= 15 is 0 Å². The van der Waals surface area contributed by atoms with Gasteiger partial charge in [0, 0.05) is 16.7 Å². The van der Waals surface area contributed by atoms with Gasteiger partial charge >= 0.3 is 5.97 Å². The predicted molar refractivity (Wildman–Crippen MR) is 78.3 cm³/mol. The summed E-state index contributed by atoms with van der Waals surface area (Å²) in [6.45, 7) is 1.92. The molecule has 0 aliphatic carbocycles. The van der Waals surface area contributed by atoms with Gasteiger partial charge < -0.3 is 9.52 Å². The number of benzene rings is 1. The molecule has 0 saturated carbocycles. The zero-order valence-electron chi connectivity index (χ0n) is 9.98. The van der Waals surface area contributed by atoms with E-state index in [1.54, 1.807) is 6.07 Å². The van der Waals surface area contributed by atoms with Crippen molar-refractivity contribution in [3.63, 3.8) is 0 Å². The Bertz CT molecular complexity index is 659. The van der Waals surface area contributed by atoms with Crippen LogP contribution in [0.1, 0.15) is 11.3 Å². The van der Waals surface area contributed by atoms with Gasteiger partial charge in [-0.25, -0.2) is 4.79 Å². The van der Waals surface area contributed by atoms with E-state index < -0.39 is 5.97 Å². The fraction of sp³-hybridized carbons (Fsp3) is 0.0714. The summed E-state index contributed by atoms with van der Waals surface area (Å²) in [6.07, 6.45) is 2.42. The molecule has 1 N–H and O–H groups in total. The van der Waals surface area contributed by atoms with Gasteiger partial charge in [0.25, 0.3) is 0 Å². The zero-order chi connectivity index (χ0) is 14.0. The Balaban J connectivity index is 2.40. The normalized spacial score (nSPS) is 11.1. The minimum absolute atomic E-state index is 0.459. The van der Waals surface area contributed by atoms with Gasteiger partial charge in [-0.05, 0) is 46.6 Å². The van der Waals surface area contributed by atoms with Crippen molar-refractivity contribution in [1.82, 2.24) is 0 Å². The van der Waals surface area contributed by atoms with Gasteiger partial charge in [0.2, 0.25) is 0 Å². The summed E-state index contributed by atoms with van der Waals surface area (Å²) in [6, 6.07) is 7.32. The molecule has 0 atom stereocenters. The van der Waals surface area contributed by atoms with Crippen LogP contribution in [0.2, 0.25) is 5.02 Å². The monoisotopic (exact) mass is 340 g/mol. The second-order valence-electron chi connectivity index (χ2n) is 3.96. The van der Waals surface area contributed by atoms with Crippen molar-refractivity contribution in [1.29, 1.82) is 0 Å². The van der Waals surface area contributed by atoms with E-state index in [0.29, 0.717) is 16.5 Å². The van der Waals surface area contributed by atoms with Crippen molar-refractivity contribution in [3.05, 3.63) is 51.2 Å². The molecular formula is C14H10BrClO3. The average molecular weight is 342 g/mol. The maximum atomic E-state index is 10.5. The molecule has 1 heterocycles. The van der Waals surface area contributed by atoms with Crippen molar-refractivity contribution in [2.75, 3.05) is 0 Å². The number of carboxylic acid groups (broad SMARTS) is 1. The minimum atomic E-state index is -1.02. The summed E-state index contributed by atoms with van der Waals surface area (Å²) in [4.78, 5) is 10.5. The van der Waals surface area contributed by atoms with Gasteiger partial charge in [-0.15, -0.1) is 0 Å². The topological polar surface area (TPSA) is 50.4 Å². The minimum Gasteiger partial charge on any atom is -0.478 e. The van der Waals surface area contributed by atoms with E-state index in [0.717, 1.165) is 21.7 Å². The first kappa shape index (κ1) is 13.9. The summed E-state index contributed by atoms with van der Waals surface area (Å²) in [5.41, 5.74) is 1.82. The van der Waals surface area contributed by atoms with E-state index in [2.05, 4.69) is 15.9 Å². The average Bonchev–Trinajstić information content (AvgIpc) is 2.72. The lowest BCUT2D eigenvalue weighted by Crippen LogP contribution is -1.84. The molecule has 1 aromatic heterocycles. The van der Waals surface area contributed by atoms with Crippen molar-refractivity contribution >= 4 is 39.6 Å². The van der Waals surface area contributed by atoms with Gasteiger partial charge in [0.05, 0.1) is 4.47 Å². The number of rotatable bonds is 3. The third kappa shape index (κ3) is 3.28. The summed E-state index contributed by atoms with van der Waals surface area (Å²) >= 11 is 9.46. The summed E-state index contributed by atoms with van der Waals surface area (Å²) in [5, 5.41) is 9.23. The van der Waals surface area contributed by atoms with Crippen molar-refractivity contribution in [3.8, 4) is 11.3 Å². The highest BCUT2D eigenvalue weighted by Gasteiger charge is 2.11. The van der Waals surface area contributed by atoms with Gasteiger partial charge in [0.1, 0.15) is 11.5 Å². The SMILES string of the molecule is Cc1ccc(-c2oc(/C=C/C(=O)O)cc2Br)cc1Cl. The summed E-state index contributed by atoms with van der Waals surface area (Å²) in [5.74, 6) is 0.0559. The van der Waals surface area contributed by atoms with Crippen LogP contribution in [0.5, 0.6) is 0 Å². The standard InChI is InChI=1S/C14H10BrClO3/c1-8-2-3-9(6-12(8)16)14-11(15)7-10(19-14)4-5-13(17)18/h2-7H,1H3,(H,17,18)/b5-4+. The molecule has 1 aromatic carbocycles. The summed E-state index contributed by atoms with van der Waals surface area (Å²) < 4.78 is 6.34. The Morgan fingerprint density at radius 2 is 2.16 bits per heavy atom. The van der Waals surface area contributed by atoms with E-state index in [-0.39, 0.29) is 0 Å². The van der Waals surface area contributed by atoms with Crippen LogP contribution in [0, 0.1) is 6.92 Å². The first-order valence-corrected chi connectivity index (χ1v) is 6.61. The van der Waals surface area contributed by atoms with Gasteiger partial charge in [-0.3, -0.25) is 0 Å². The van der Waals surface area contributed by atoms with Crippen LogP contribution in [0.25, 0.3) is 17.4 Å². The number of carbonyl (C=O) groups is 1. The number of aliphatic carboxylic acids is 1. The van der Waals surface area contributed by atoms with Crippen molar-refractivity contribution < 1.29 is 14.3 Å². The Morgan fingerprint density at radius 3 is 2.79 bits per heavy atom. The van der Waals surface area contributed by atoms with Crippen LogP contribution in [0.4, 0.5) is 0 Å². The molecule has 0 bridgehead atoms. The molecule has 0 saturated heterocycles. The molecule has 19 heavy (non-hydrogen) atoms. The summed E-state index contributed by atoms with van der Waals surface area (Å²) in [7, 11) is 0. The first-order chi connectivity index (χ1) is 8.97. The molecule has 3 nitrogen and oxygen atoms in total. The molecule has 98 valence electrons. The highest BCUT2D eigenvalue weighted by Crippen LogP contribution is 2.34. The molecule has 0 radical (unpaired) electrons.